The van der Waals surface area contributed by atoms with E-state index in [1.165, 1.54) is 12.8 Å². The molecule has 0 heterocycles. The minimum absolute atomic E-state index is 0.0186. The summed E-state index contributed by atoms with van der Waals surface area (Å²) in [5, 5.41) is 0. The van der Waals surface area contributed by atoms with Gasteiger partial charge < -0.3 is 9.47 Å². The second-order valence-corrected chi connectivity index (χ2v) is 7.99. The molecule has 2 aliphatic carbocycles. The Morgan fingerprint density at radius 1 is 0.769 bits per heavy atom. The normalized spacial score (nSPS) is 29.0. The second kappa shape index (κ2) is 8.70. The molecule has 4 unspecified atom stereocenters. The van der Waals surface area contributed by atoms with Crippen molar-refractivity contribution in [1.82, 2.24) is 0 Å². The highest BCUT2D eigenvalue weighted by atomic mass is 16.5. The Morgan fingerprint density at radius 3 is 1.62 bits per heavy atom. The Kier molecular flexibility index (Phi) is 6.33. The van der Waals surface area contributed by atoms with Gasteiger partial charge in [0, 0.05) is 0 Å². The molecule has 1 aromatic rings. The molecule has 2 saturated carbocycles. The highest BCUT2D eigenvalue weighted by Gasteiger charge is 2.27. The van der Waals surface area contributed by atoms with Crippen LogP contribution < -0.4 is 0 Å². The highest BCUT2D eigenvalue weighted by molar-refractivity contribution is 5.95. The molecule has 26 heavy (non-hydrogen) atoms. The van der Waals surface area contributed by atoms with Gasteiger partial charge in [0.05, 0.1) is 11.1 Å². The van der Waals surface area contributed by atoms with Crippen LogP contribution >= 0.6 is 0 Å². The third kappa shape index (κ3) is 4.66. The van der Waals surface area contributed by atoms with Gasteiger partial charge >= 0.3 is 11.9 Å². The van der Waals surface area contributed by atoms with Crippen molar-refractivity contribution in [3.63, 3.8) is 0 Å². The standard InChI is InChI=1S/C22H30O4/c1-15-8-3-5-12-19(15)25-21(23)17-10-7-11-18(14-17)22(24)26-20-13-6-4-9-16(20)2/h7,10-11,14-16,19-20H,3-6,8-9,12-13H2,1-2H3. The summed E-state index contributed by atoms with van der Waals surface area (Å²) in [5.74, 6) is 0.108. The lowest BCUT2D eigenvalue weighted by Crippen LogP contribution is -2.29. The van der Waals surface area contributed by atoms with E-state index in [1.54, 1.807) is 24.3 Å². The van der Waals surface area contributed by atoms with E-state index in [2.05, 4.69) is 13.8 Å². The van der Waals surface area contributed by atoms with Crippen LogP contribution in [-0.2, 0) is 9.47 Å². The van der Waals surface area contributed by atoms with Crippen molar-refractivity contribution in [2.24, 2.45) is 11.8 Å². The monoisotopic (exact) mass is 358 g/mol. The molecule has 0 spiro atoms. The summed E-state index contributed by atoms with van der Waals surface area (Å²) in [4.78, 5) is 25.0. The zero-order valence-corrected chi connectivity index (χ0v) is 15.9. The molecule has 4 heteroatoms. The maximum atomic E-state index is 12.5. The first-order chi connectivity index (χ1) is 12.5. The van der Waals surface area contributed by atoms with Gasteiger partial charge in [-0.15, -0.1) is 0 Å². The van der Waals surface area contributed by atoms with Gasteiger partial charge in [-0.1, -0.05) is 32.8 Å². The molecule has 142 valence electrons. The predicted octanol–water partition coefficient (Wildman–Crippen LogP) is 5.16. The predicted molar refractivity (Wildman–Crippen MR) is 100 cm³/mol. The molecule has 0 aromatic heterocycles. The van der Waals surface area contributed by atoms with Crippen LogP contribution in [0.1, 0.15) is 85.9 Å². The quantitative estimate of drug-likeness (QED) is 0.698. The molecule has 0 bridgehead atoms. The fourth-order valence-electron chi connectivity index (χ4n) is 4.10. The lowest BCUT2D eigenvalue weighted by molar-refractivity contribution is 0.00455. The maximum absolute atomic E-state index is 12.5. The van der Waals surface area contributed by atoms with Crippen LogP contribution in [0, 0.1) is 11.8 Å². The number of benzene rings is 1. The summed E-state index contributed by atoms with van der Waals surface area (Å²) in [6.45, 7) is 4.27. The van der Waals surface area contributed by atoms with Crippen LogP contribution in [0.15, 0.2) is 24.3 Å². The number of hydrogen-bond donors (Lipinski definition) is 0. The molecular weight excluding hydrogens is 328 g/mol. The molecule has 4 atom stereocenters. The molecule has 0 saturated heterocycles. The minimum Gasteiger partial charge on any atom is -0.459 e. The van der Waals surface area contributed by atoms with Gasteiger partial charge in [0.1, 0.15) is 12.2 Å². The number of esters is 2. The topological polar surface area (TPSA) is 52.6 Å². The summed E-state index contributed by atoms with van der Waals surface area (Å²) in [5.41, 5.74) is 0.850. The molecule has 0 N–H and O–H groups in total. The fraction of sp³-hybridized carbons (Fsp3) is 0.636. The molecule has 2 aliphatic rings. The second-order valence-electron chi connectivity index (χ2n) is 7.99. The van der Waals surface area contributed by atoms with Crippen molar-refractivity contribution in [3.8, 4) is 0 Å². The van der Waals surface area contributed by atoms with E-state index < -0.39 is 0 Å². The van der Waals surface area contributed by atoms with Crippen molar-refractivity contribution >= 4 is 11.9 Å². The highest BCUT2D eigenvalue weighted by Crippen LogP contribution is 2.28. The summed E-state index contributed by atoms with van der Waals surface area (Å²) < 4.78 is 11.4. The van der Waals surface area contributed by atoms with E-state index >= 15 is 0 Å². The Labute approximate surface area is 156 Å². The largest absolute Gasteiger partial charge is 0.459 e. The van der Waals surface area contributed by atoms with Gasteiger partial charge in [-0.05, 0) is 68.6 Å². The molecule has 0 aliphatic heterocycles. The van der Waals surface area contributed by atoms with E-state index in [0.29, 0.717) is 23.0 Å². The number of ether oxygens (including phenoxy) is 2. The molecule has 0 radical (unpaired) electrons. The smallest absolute Gasteiger partial charge is 0.338 e. The number of hydrogen-bond acceptors (Lipinski definition) is 4. The fourth-order valence-corrected chi connectivity index (χ4v) is 4.10. The van der Waals surface area contributed by atoms with Gasteiger partial charge in [-0.2, -0.15) is 0 Å². The van der Waals surface area contributed by atoms with Crippen molar-refractivity contribution in [2.45, 2.75) is 77.4 Å². The van der Waals surface area contributed by atoms with Crippen LogP contribution in [0.2, 0.25) is 0 Å². The molecule has 1 aromatic carbocycles. The molecule has 0 amide bonds. The first-order valence-corrected chi connectivity index (χ1v) is 10.1. The third-order valence-corrected chi connectivity index (χ3v) is 5.92. The van der Waals surface area contributed by atoms with E-state index in [1.807, 2.05) is 0 Å². The van der Waals surface area contributed by atoms with Gasteiger partial charge in [-0.25, -0.2) is 9.59 Å². The Bertz CT molecular complexity index is 588. The first kappa shape index (κ1) is 18.9. The minimum atomic E-state index is -0.343. The van der Waals surface area contributed by atoms with E-state index in [0.717, 1.165) is 38.5 Å². The van der Waals surface area contributed by atoms with Gasteiger partial charge in [0.2, 0.25) is 0 Å². The molecular formula is C22H30O4. The van der Waals surface area contributed by atoms with Gasteiger partial charge in [0.25, 0.3) is 0 Å². The number of rotatable bonds is 4. The van der Waals surface area contributed by atoms with Gasteiger partial charge in [0.15, 0.2) is 0 Å². The maximum Gasteiger partial charge on any atom is 0.338 e. The number of carbonyl (C=O) groups excluding carboxylic acids is 2. The average Bonchev–Trinajstić information content (AvgIpc) is 2.65. The third-order valence-electron chi connectivity index (χ3n) is 5.92. The van der Waals surface area contributed by atoms with E-state index in [9.17, 15) is 9.59 Å². The van der Waals surface area contributed by atoms with Crippen LogP contribution in [0.5, 0.6) is 0 Å². The van der Waals surface area contributed by atoms with Crippen LogP contribution in [0.3, 0.4) is 0 Å². The summed E-state index contributed by atoms with van der Waals surface area (Å²) >= 11 is 0. The van der Waals surface area contributed by atoms with Crippen molar-refractivity contribution in [2.75, 3.05) is 0 Å². The van der Waals surface area contributed by atoms with Crippen molar-refractivity contribution in [3.05, 3.63) is 35.4 Å². The Hall–Kier alpha value is -1.84. The van der Waals surface area contributed by atoms with Crippen LogP contribution in [-0.4, -0.2) is 24.1 Å². The Morgan fingerprint density at radius 2 is 1.19 bits per heavy atom. The van der Waals surface area contributed by atoms with Crippen molar-refractivity contribution < 1.29 is 19.1 Å². The average molecular weight is 358 g/mol. The van der Waals surface area contributed by atoms with Gasteiger partial charge in [-0.3, -0.25) is 0 Å². The SMILES string of the molecule is CC1CCCCC1OC(=O)c1cccc(C(=O)OC2CCCCC2C)c1. The molecule has 3 rings (SSSR count). The lowest BCUT2D eigenvalue weighted by Gasteiger charge is -2.28. The summed E-state index contributed by atoms with van der Waals surface area (Å²) in [7, 11) is 0. The van der Waals surface area contributed by atoms with Crippen LogP contribution in [0.4, 0.5) is 0 Å². The summed E-state index contributed by atoms with van der Waals surface area (Å²) in [6.07, 6.45) is 8.63. The van der Waals surface area contributed by atoms with E-state index in [4.69, 9.17) is 9.47 Å². The first-order valence-electron chi connectivity index (χ1n) is 10.1. The summed E-state index contributed by atoms with van der Waals surface area (Å²) in [6, 6.07) is 6.74. The lowest BCUT2D eigenvalue weighted by atomic mass is 9.88. The van der Waals surface area contributed by atoms with E-state index in [-0.39, 0.29) is 24.1 Å². The molecule has 2 fully saturated rings. The molecule has 4 nitrogen and oxygen atoms in total. The van der Waals surface area contributed by atoms with Crippen molar-refractivity contribution in [1.29, 1.82) is 0 Å². The van der Waals surface area contributed by atoms with Crippen LogP contribution in [0.25, 0.3) is 0 Å². The number of carbonyl (C=O) groups is 2. The zero-order valence-electron chi connectivity index (χ0n) is 15.9. The zero-order chi connectivity index (χ0) is 18.5. The Balaban J connectivity index is 1.63.